The molecule has 6 heteroatoms. The lowest BCUT2D eigenvalue weighted by Gasteiger charge is -2.34. The first-order chi connectivity index (χ1) is 8.93. The van der Waals surface area contributed by atoms with Gasteiger partial charge in [0.1, 0.15) is 5.82 Å². The zero-order valence-corrected chi connectivity index (χ0v) is 11.6. The molecule has 0 aromatic heterocycles. The largest absolute Gasteiger partial charge is 0.391 e. The van der Waals surface area contributed by atoms with Crippen LogP contribution in [0.15, 0.2) is 29.2 Å². The van der Waals surface area contributed by atoms with E-state index >= 15 is 0 Å². The van der Waals surface area contributed by atoms with E-state index in [2.05, 4.69) is 0 Å². The van der Waals surface area contributed by atoms with Gasteiger partial charge in [-0.05, 0) is 37.1 Å². The van der Waals surface area contributed by atoms with Crippen molar-refractivity contribution < 1.29 is 17.9 Å². The molecule has 0 saturated heterocycles. The minimum absolute atomic E-state index is 0.0502. The van der Waals surface area contributed by atoms with Crippen LogP contribution in [0.25, 0.3) is 0 Å². The maximum Gasteiger partial charge on any atom is 0.243 e. The third kappa shape index (κ3) is 2.96. The average Bonchev–Trinajstić information content (AvgIpc) is 2.39. The summed E-state index contributed by atoms with van der Waals surface area (Å²) in [6, 6.07) is 4.34. The van der Waals surface area contributed by atoms with Crippen LogP contribution in [-0.2, 0) is 10.0 Å². The molecule has 4 nitrogen and oxygen atoms in total. The predicted molar refractivity (Wildman–Crippen MR) is 69.6 cm³/mol. The molecule has 0 aliphatic heterocycles. The van der Waals surface area contributed by atoms with Gasteiger partial charge in [-0.25, -0.2) is 12.8 Å². The van der Waals surface area contributed by atoms with Crippen molar-refractivity contribution in [2.75, 3.05) is 7.05 Å². The summed E-state index contributed by atoms with van der Waals surface area (Å²) >= 11 is 0. The van der Waals surface area contributed by atoms with Crippen molar-refractivity contribution in [3.8, 4) is 0 Å². The molecule has 19 heavy (non-hydrogen) atoms. The molecule has 0 amide bonds. The zero-order valence-electron chi connectivity index (χ0n) is 10.8. The monoisotopic (exact) mass is 287 g/mol. The fourth-order valence-corrected chi connectivity index (χ4v) is 3.88. The van der Waals surface area contributed by atoms with Gasteiger partial charge in [-0.1, -0.05) is 12.8 Å². The second kappa shape index (κ2) is 5.56. The highest BCUT2D eigenvalue weighted by molar-refractivity contribution is 7.89. The second-order valence-electron chi connectivity index (χ2n) is 4.89. The molecular weight excluding hydrogens is 269 g/mol. The van der Waals surface area contributed by atoms with Gasteiger partial charge in [0.25, 0.3) is 0 Å². The molecule has 106 valence electrons. The summed E-state index contributed by atoms with van der Waals surface area (Å²) in [6.45, 7) is 0. The van der Waals surface area contributed by atoms with Crippen molar-refractivity contribution in [3.05, 3.63) is 30.1 Å². The number of aliphatic hydroxyl groups is 1. The van der Waals surface area contributed by atoms with Crippen LogP contribution in [0.3, 0.4) is 0 Å². The fraction of sp³-hybridized carbons (Fsp3) is 0.538. The smallest absolute Gasteiger partial charge is 0.243 e. The molecule has 1 fully saturated rings. The number of sulfonamides is 1. The minimum atomic E-state index is -3.68. The summed E-state index contributed by atoms with van der Waals surface area (Å²) in [6.07, 6.45) is 2.47. The van der Waals surface area contributed by atoms with Gasteiger partial charge < -0.3 is 5.11 Å². The Morgan fingerprint density at radius 1 is 1.21 bits per heavy atom. The third-order valence-corrected chi connectivity index (χ3v) is 5.55. The number of rotatable bonds is 3. The Labute approximate surface area is 112 Å². The van der Waals surface area contributed by atoms with Gasteiger partial charge in [-0.15, -0.1) is 0 Å². The van der Waals surface area contributed by atoms with Crippen LogP contribution in [0, 0.1) is 5.82 Å². The minimum Gasteiger partial charge on any atom is -0.391 e. The summed E-state index contributed by atoms with van der Waals surface area (Å²) < 4.78 is 38.8. The molecule has 1 aliphatic carbocycles. The number of halogens is 1. The molecule has 0 heterocycles. The number of aliphatic hydroxyl groups excluding tert-OH is 1. The normalized spacial score (nSPS) is 24.6. The molecule has 1 saturated carbocycles. The van der Waals surface area contributed by atoms with Gasteiger partial charge in [-0.2, -0.15) is 4.31 Å². The molecule has 0 spiro atoms. The Balaban J connectivity index is 2.25. The van der Waals surface area contributed by atoms with E-state index < -0.39 is 28.0 Å². The van der Waals surface area contributed by atoms with Gasteiger partial charge in [0.2, 0.25) is 10.0 Å². The van der Waals surface area contributed by atoms with Gasteiger partial charge in [0, 0.05) is 7.05 Å². The highest BCUT2D eigenvalue weighted by Crippen LogP contribution is 2.26. The summed E-state index contributed by atoms with van der Waals surface area (Å²) in [4.78, 5) is 0.0502. The van der Waals surface area contributed by atoms with Crippen LogP contribution >= 0.6 is 0 Å². The zero-order chi connectivity index (χ0) is 14.0. The molecule has 2 atom stereocenters. The van der Waals surface area contributed by atoms with Crippen molar-refractivity contribution >= 4 is 10.0 Å². The van der Waals surface area contributed by atoms with Crippen molar-refractivity contribution in [2.24, 2.45) is 0 Å². The SMILES string of the molecule is CN([C@@H]1CCCC[C@@H]1O)S(=O)(=O)c1ccc(F)cc1. The average molecular weight is 287 g/mol. The van der Waals surface area contributed by atoms with Crippen molar-refractivity contribution in [2.45, 2.75) is 42.7 Å². The van der Waals surface area contributed by atoms with E-state index in [1.807, 2.05) is 0 Å². The van der Waals surface area contributed by atoms with Crippen molar-refractivity contribution in [3.63, 3.8) is 0 Å². The Hall–Kier alpha value is -0.980. The first kappa shape index (κ1) is 14.4. The summed E-state index contributed by atoms with van der Waals surface area (Å²) in [5.41, 5.74) is 0. The Morgan fingerprint density at radius 2 is 1.79 bits per heavy atom. The first-order valence-corrected chi connectivity index (χ1v) is 7.78. The van der Waals surface area contributed by atoms with Gasteiger partial charge in [-0.3, -0.25) is 0 Å². The summed E-state index contributed by atoms with van der Waals surface area (Å²) in [5.74, 6) is -0.473. The summed E-state index contributed by atoms with van der Waals surface area (Å²) in [5, 5.41) is 9.93. The van der Waals surface area contributed by atoms with Crippen LogP contribution in [-0.4, -0.2) is 37.0 Å². The molecule has 2 rings (SSSR count). The molecule has 0 radical (unpaired) electrons. The van der Waals surface area contributed by atoms with E-state index in [9.17, 15) is 17.9 Å². The number of benzene rings is 1. The van der Waals surface area contributed by atoms with E-state index in [-0.39, 0.29) is 4.90 Å². The Kier molecular flexibility index (Phi) is 4.23. The molecule has 1 aliphatic rings. The van der Waals surface area contributed by atoms with Crippen LogP contribution in [0.4, 0.5) is 4.39 Å². The van der Waals surface area contributed by atoms with Crippen LogP contribution in [0.5, 0.6) is 0 Å². The number of likely N-dealkylation sites (N-methyl/N-ethyl adjacent to an activating group) is 1. The van der Waals surface area contributed by atoms with Gasteiger partial charge in [0.15, 0.2) is 0 Å². The quantitative estimate of drug-likeness (QED) is 0.921. The number of nitrogens with zero attached hydrogens (tertiary/aromatic N) is 1. The number of hydrogen-bond donors (Lipinski definition) is 1. The molecule has 1 aromatic rings. The topological polar surface area (TPSA) is 57.6 Å². The predicted octanol–water partition coefficient (Wildman–Crippen LogP) is 1.75. The standard InChI is InChI=1S/C13H18FNO3S/c1-15(12-4-2-3-5-13(12)16)19(17,18)11-8-6-10(14)7-9-11/h6-9,12-13,16H,2-5H2,1H3/t12-,13+/m1/s1. The van der Waals surface area contributed by atoms with Crippen LogP contribution in [0.2, 0.25) is 0 Å². The maximum absolute atomic E-state index is 12.8. The van der Waals surface area contributed by atoms with Gasteiger partial charge >= 0.3 is 0 Å². The van der Waals surface area contributed by atoms with Crippen molar-refractivity contribution in [1.29, 1.82) is 0 Å². The molecule has 0 unspecified atom stereocenters. The molecule has 1 aromatic carbocycles. The second-order valence-corrected chi connectivity index (χ2v) is 6.89. The third-order valence-electron chi connectivity index (χ3n) is 3.65. The van der Waals surface area contributed by atoms with Crippen molar-refractivity contribution in [1.82, 2.24) is 4.31 Å². The lowest BCUT2D eigenvalue weighted by molar-refractivity contribution is 0.0638. The highest BCUT2D eigenvalue weighted by atomic mass is 32.2. The van der Waals surface area contributed by atoms with E-state index in [0.29, 0.717) is 12.8 Å². The van der Waals surface area contributed by atoms with Gasteiger partial charge in [0.05, 0.1) is 17.0 Å². The van der Waals surface area contributed by atoms with E-state index in [1.54, 1.807) is 0 Å². The molecule has 1 N–H and O–H groups in total. The van der Waals surface area contributed by atoms with E-state index in [1.165, 1.54) is 23.5 Å². The van der Waals surface area contributed by atoms with E-state index in [4.69, 9.17) is 0 Å². The lowest BCUT2D eigenvalue weighted by Crippen LogP contribution is -2.46. The first-order valence-electron chi connectivity index (χ1n) is 6.34. The Morgan fingerprint density at radius 3 is 2.37 bits per heavy atom. The van der Waals surface area contributed by atoms with Crippen LogP contribution < -0.4 is 0 Å². The highest BCUT2D eigenvalue weighted by Gasteiger charge is 2.34. The Bertz CT molecular complexity index is 529. The summed E-state index contributed by atoms with van der Waals surface area (Å²) in [7, 11) is -2.21. The molecular formula is C13H18FNO3S. The van der Waals surface area contributed by atoms with Crippen LogP contribution in [0.1, 0.15) is 25.7 Å². The maximum atomic E-state index is 12.8. The fourth-order valence-electron chi connectivity index (χ4n) is 2.47. The number of hydrogen-bond acceptors (Lipinski definition) is 3. The van der Waals surface area contributed by atoms with E-state index in [0.717, 1.165) is 25.0 Å². The lowest BCUT2D eigenvalue weighted by atomic mass is 9.93. The molecule has 0 bridgehead atoms.